The Kier molecular flexibility index (Phi) is 3.83. The van der Waals surface area contributed by atoms with Crippen molar-refractivity contribution in [3.05, 3.63) is 29.6 Å². The lowest BCUT2D eigenvalue weighted by Gasteiger charge is -2.09. The average Bonchev–Trinajstić information content (AvgIpc) is 2.18. The second kappa shape index (κ2) is 4.91. The van der Waals surface area contributed by atoms with Crippen molar-refractivity contribution < 1.29 is 9.90 Å². The van der Waals surface area contributed by atoms with Gasteiger partial charge < -0.3 is 5.11 Å². The van der Waals surface area contributed by atoms with E-state index >= 15 is 0 Å². The number of pyridine rings is 1. The lowest BCUT2D eigenvalue weighted by atomic mass is 9.98. The largest absolute Gasteiger partial charge is 0.481 e. The maximum Gasteiger partial charge on any atom is 0.306 e. The minimum Gasteiger partial charge on any atom is -0.481 e. The van der Waals surface area contributed by atoms with Crippen molar-refractivity contribution in [3.8, 4) is 0 Å². The second-order valence-electron chi connectivity index (χ2n) is 4.22. The van der Waals surface area contributed by atoms with Gasteiger partial charge in [0.25, 0.3) is 0 Å². The van der Waals surface area contributed by atoms with Crippen molar-refractivity contribution in [2.45, 2.75) is 33.1 Å². The smallest absolute Gasteiger partial charge is 0.306 e. The van der Waals surface area contributed by atoms with Gasteiger partial charge in [0, 0.05) is 12.4 Å². The van der Waals surface area contributed by atoms with Crippen molar-refractivity contribution in [2.24, 2.45) is 5.92 Å². The van der Waals surface area contributed by atoms with Crippen LogP contribution in [0.4, 0.5) is 0 Å². The summed E-state index contributed by atoms with van der Waals surface area (Å²) in [5.74, 6) is -0.684. The summed E-state index contributed by atoms with van der Waals surface area (Å²) in [6, 6.07) is 2.04. The molecule has 1 atom stereocenters. The highest BCUT2D eigenvalue weighted by Gasteiger charge is 2.12. The van der Waals surface area contributed by atoms with Gasteiger partial charge in [-0.25, -0.2) is 0 Å². The summed E-state index contributed by atoms with van der Waals surface area (Å²) < 4.78 is 0. The number of carbonyl (C=O) groups is 1. The second-order valence-corrected chi connectivity index (χ2v) is 4.22. The Morgan fingerprint density at radius 3 is 2.60 bits per heavy atom. The molecule has 15 heavy (non-hydrogen) atoms. The number of hydrogen-bond acceptors (Lipinski definition) is 2. The van der Waals surface area contributed by atoms with Gasteiger partial charge in [0.15, 0.2) is 0 Å². The topological polar surface area (TPSA) is 50.2 Å². The van der Waals surface area contributed by atoms with Crippen LogP contribution >= 0.6 is 0 Å². The average molecular weight is 207 g/mol. The van der Waals surface area contributed by atoms with Gasteiger partial charge in [0.2, 0.25) is 0 Å². The van der Waals surface area contributed by atoms with Gasteiger partial charge in [-0.3, -0.25) is 9.78 Å². The van der Waals surface area contributed by atoms with E-state index in [4.69, 9.17) is 5.11 Å². The molecular weight excluding hydrogens is 190 g/mol. The molecule has 1 aromatic heterocycles. The Morgan fingerprint density at radius 2 is 2.07 bits per heavy atom. The fraction of sp³-hybridized carbons (Fsp3) is 0.500. The quantitative estimate of drug-likeness (QED) is 0.825. The molecule has 82 valence electrons. The standard InChI is InChI=1S/C12H17NO2/c1-8(2)11-5-10(6-13-7-11)4-9(3)12(14)15/h5-9H,4H2,1-3H3,(H,14,15). The van der Waals surface area contributed by atoms with Crippen LogP contribution in [0, 0.1) is 5.92 Å². The number of carboxylic acids is 1. The highest BCUT2D eigenvalue weighted by Crippen LogP contribution is 2.16. The van der Waals surface area contributed by atoms with Crippen molar-refractivity contribution in [1.29, 1.82) is 0 Å². The molecule has 1 heterocycles. The number of hydrogen-bond donors (Lipinski definition) is 1. The summed E-state index contributed by atoms with van der Waals surface area (Å²) in [7, 11) is 0. The molecule has 0 aliphatic carbocycles. The molecule has 0 saturated heterocycles. The van der Waals surface area contributed by atoms with E-state index in [0.29, 0.717) is 12.3 Å². The molecular formula is C12H17NO2. The molecule has 3 nitrogen and oxygen atoms in total. The minimum absolute atomic E-state index is 0.353. The molecule has 0 saturated carbocycles. The molecule has 1 rings (SSSR count). The molecule has 1 N–H and O–H groups in total. The van der Waals surface area contributed by atoms with Gasteiger partial charge >= 0.3 is 5.97 Å². The van der Waals surface area contributed by atoms with E-state index < -0.39 is 5.97 Å². The third kappa shape index (κ3) is 3.35. The summed E-state index contributed by atoms with van der Waals surface area (Å²) >= 11 is 0. The zero-order valence-corrected chi connectivity index (χ0v) is 9.40. The Labute approximate surface area is 90.2 Å². The molecule has 0 aliphatic rings. The van der Waals surface area contributed by atoms with Crippen LogP contribution in [0.3, 0.4) is 0 Å². The normalized spacial score (nSPS) is 12.8. The SMILES string of the molecule is CC(Cc1cncc(C(C)C)c1)C(=O)O. The minimum atomic E-state index is -0.759. The number of nitrogens with zero attached hydrogens (tertiary/aromatic N) is 1. The number of carboxylic acid groups (broad SMARTS) is 1. The highest BCUT2D eigenvalue weighted by molar-refractivity contribution is 5.69. The van der Waals surface area contributed by atoms with Gasteiger partial charge in [-0.2, -0.15) is 0 Å². The maximum absolute atomic E-state index is 10.7. The van der Waals surface area contributed by atoms with Crippen molar-refractivity contribution in [1.82, 2.24) is 4.98 Å². The van der Waals surface area contributed by atoms with Crippen LogP contribution in [0.1, 0.15) is 37.8 Å². The van der Waals surface area contributed by atoms with Crippen LogP contribution < -0.4 is 0 Å². The first kappa shape index (κ1) is 11.7. The zero-order valence-electron chi connectivity index (χ0n) is 9.40. The first-order chi connectivity index (χ1) is 7.00. The monoisotopic (exact) mass is 207 g/mol. The summed E-state index contributed by atoms with van der Waals surface area (Å²) in [6.07, 6.45) is 4.12. The van der Waals surface area contributed by atoms with Gasteiger partial charge in [0.05, 0.1) is 5.92 Å². The molecule has 3 heteroatoms. The molecule has 0 aromatic carbocycles. The number of aliphatic carboxylic acids is 1. The van der Waals surface area contributed by atoms with E-state index in [0.717, 1.165) is 11.1 Å². The van der Waals surface area contributed by atoms with Crippen LogP contribution in [-0.2, 0) is 11.2 Å². The van der Waals surface area contributed by atoms with Crippen molar-refractivity contribution in [2.75, 3.05) is 0 Å². The first-order valence-electron chi connectivity index (χ1n) is 5.17. The van der Waals surface area contributed by atoms with Crippen LogP contribution in [0.25, 0.3) is 0 Å². The third-order valence-corrected chi connectivity index (χ3v) is 2.45. The van der Waals surface area contributed by atoms with Crippen LogP contribution in [0.15, 0.2) is 18.5 Å². The Bertz CT molecular complexity index is 347. The summed E-state index contributed by atoms with van der Waals surface area (Å²) in [5.41, 5.74) is 2.15. The highest BCUT2D eigenvalue weighted by atomic mass is 16.4. The summed E-state index contributed by atoms with van der Waals surface area (Å²) in [4.78, 5) is 14.8. The molecule has 0 radical (unpaired) electrons. The van der Waals surface area contributed by atoms with Gasteiger partial charge in [0.1, 0.15) is 0 Å². The molecule has 1 aromatic rings. The lowest BCUT2D eigenvalue weighted by molar-refractivity contribution is -0.141. The van der Waals surface area contributed by atoms with Gasteiger partial charge in [-0.05, 0) is 23.5 Å². The van der Waals surface area contributed by atoms with Crippen molar-refractivity contribution in [3.63, 3.8) is 0 Å². The molecule has 1 unspecified atom stereocenters. The zero-order chi connectivity index (χ0) is 11.4. The predicted molar refractivity (Wildman–Crippen MR) is 58.8 cm³/mol. The van der Waals surface area contributed by atoms with Gasteiger partial charge in [-0.15, -0.1) is 0 Å². The fourth-order valence-corrected chi connectivity index (χ4v) is 1.38. The Balaban J connectivity index is 2.78. The summed E-state index contributed by atoms with van der Waals surface area (Å²) in [6.45, 7) is 5.91. The molecule has 0 fully saturated rings. The van der Waals surface area contributed by atoms with E-state index in [-0.39, 0.29) is 5.92 Å². The molecule has 0 amide bonds. The fourth-order valence-electron chi connectivity index (χ4n) is 1.38. The molecule has 0 spiro atoms. The third-order valence-electron chi connectivity index (χ3n) is 2.45. The van der Waals surface area contributed by atoms with E-state index in [9.17, 15) is 4.79 Å². The van der Waals surface area contributed by atoms with E-state index in [1.54, 1.807) is 13.1 Å². The Hall–Kier alpha value is -1.38. The maximum atomic E-state index is 10.7. The molecule has 0 bridgehead atoms. The number of rotatable bonds is 4. The van der Waals surface area contributed by atoms with Crippen LogP contribution in [0.5, 0.6) is 0 Å². The number of aromatic nitrogens is 1. The first-order valence-corrected chi connectivity index (χ1v) is 5.17. The molecule has 0 aliphatic heterocycles. The predicted octanol–water partition coefficient (Wildman–Crippen LogP) is 2.47. The van der Waals surface area contributed by atoms with E-state index in [1.165, 1.54) is 0 Å². The van der Waals surface area contributed by atoms with Gasteiger partial charge in [-0.1, -0.05) is 26.8 Å². The summed E-state index contributed by atoms with van der Waals surface area (Å²) in [5, 5.41) is 8.80. The van der Waals surface area contributed by atoms with Crippen LogP contribution in [-0.4, -0.2) is 16.1 Å². The Morgan fingerprint density at radius 1 is 1.40 bits per heavy atom. The van der Waals surface area contributed by atoms with Crippen LogP contribution in [0.2, 0.25) is 0 Å². The van der Waals surface area contributed by atoms with Crippen molar-refractivity contribution >= 4 is 5.97 Å². The lowest BCUT2D eigenvalue weighted by Crippen LogP contribution is -2.12. The van der Waals surface area contributed by atoms with E-state index in [2.05, 4.69) is 18.8 Å². The van der Waals surface area contributed by atoms with E-state index in [1.807, 2.05) is 12.3 Å².